The molecule has 0 saturated heterocycles. The van der Waals surface area contributed by atoms with Crippen molar-refractivity contribution in [1.82, 2.24) is 10.2 Å². The Morgan fingerprint density at radius 1 is 1.29 bits per heavy atom. The van der Waals surface area contributed by atoms with Gasteiger partial charge in [-0.2, -0.15) is 0 Å². The number of carbonyl (C=O) groups is 2. The third kappa shape index (κ3) is 2.98. The Morgan fingerprint density at radius 3 is 2.48 bits per heavy atom. The third-order valence-corrected chi connectivity index (χ3v) is 4.49. The Morgan fingerprint density at radius 2 is 1.90 bits per heavy atom. The van der Waals surface area contributed by atoms with Crippen molar-refractivity contribution in [1.29, 1.82) is 0 Å². The van der Waals surface area contributed by atoms with E-state index in [0.717, 1.165) is 11.3 Å². The highest BCUT2D eigenvalue weighted by Gasteiger charge is 2.38. The number of nitrogens with zero attached hydrogens (tertiary/aromatic N) is 2. The van der Waals surface area contributed by atoms with Gasteiger partial charge in [0.1, 0.15) is 10.6 Å². The quantitative estimate of drug-likeness (QED) is 0.805. The summed E-state index contributed by atoms with van der Waals surface area (Å²) in [5, 5.41) is 18.4. The lowest BCUT2D eigenvalue weighted by Crippen LogP contribution is -2.45. The highest BCUT2D eigenvalue weighted by Crippen LogP contribution is 2.30. The molecule has 3 N–H and O–H groups in total. The summed E-state index contributed by atoms with van der Waals surface area (Å²) in [7, 11) is 0. The summed E-state index contributed by atoms with van der Waals surface area (Å²) in [5.41, 5.74) is 3.93. The molecule has 0 spiro atoms. The number of benzene rings is 1. The number of amides is 1. The zero-order valence-corrected chi connectivity index (χ0v) is 12.4. The van der Waals surface area contributed by atoms with Gasteiger partial charge in [0.15, 0.2) is 5.01 Å². The molecule has 0 aliphatic heterocycles. The van der Waals surface area contributed by atoms with Crippen molar-refractivity contribution >= 4 is 23.0 Å². The number of primary amides is 1. The van der Waals surface area contributed by atoms with Crippen LogP contribution in [-0.2, 0) is 4.79 Å². The van der Waals surface area contributed by atoms with Crippen molar-refractivity contribution < 1.29 is 14.7 Å². The van der Waals surface area contributed by atoms with E-state index < -0.39 is 17.4 Å². The number of nitrogens with two attached hydrogens (primary N) is 1. The van der Waals surface area contributed by atoms with E-state index in [1.807, 2.05) is 6.07 Å². The first-order valence-corrected chi connectivity index (χ1v) is 7.11. The molecule has 6 nitrogen and oxygen atoms in total. The maximum absolute atomic E-state index is 12.2. The van der Waals surface area contributed by atoms with Gasteiger partial charge in [0.2, 0.25) is 11.7 Å². The molecule has 21 heavy (non-hydrogen) atoms. The maximum atomic E-state index is 12.2. The van der Waals surface area contributed by atoms with Gasteiger partial charge in [0.25, 0.3) is 0 Å². The Hall–Kier alpha value is -2.12. The fourth-order valence-electron chi connectivity index (χ4n) is 1.67. The molecule has 1 aromatic carbocycles. The lowest BCUT2D eigenvalue weighted by atomic mass is 9.91. The van der Waals surface area contributed by atoms with E-state index in [0.29, 0.717) is 10.6 Å². The van der Waals surface area contributed by atoms with Crippen molar-refractivity contribution in [2.24, 2.45) is 5.73 Å². The number of carbonyl (C=O) groups excluding carboxylic acids is 2. The van der Waals surface area contributed by atoms with Gasteiger partial charge in [0, 0.05) is 11.5 Å². The highest BCUT2D eigenvalue weighted by atomic mass is 32.1. The van der Waals surface area contributed by atoms with Gasteiger partial charge in [-0.3, -0.25) is 9.59 Å². The van der Waals surface area contributed by atoms with Crippen LogP contribution in [0.15, 0.2) is 30.3 Å². The van der Waals surface area contributed by atoms with Crippen LogP contribution >= 0.6 is 11.3 Å². The molecular formula is C14H15N3O3S. The van der Waals surface area contributed by atoms with Crippen LogP contribution in [0.3, 0.4) is 0 Å². The van der Waals surface area contributed by atoms with Crippen LogP contribution in [0, 0.1) is 0 Å². The smallest absolute Gasteiger partial charge is 0.249 e. The first-order valence-electron chi connectivity index (χ1n) is 6.29. The summed E-state index contributed by atoms with van der Waals surface area (Å²) < 4.78 is 0. The Balaban J connectivity index is 2.27. The van der Waals surface area contributed by atoms with Crippen molar-refractivity contribution in [2.75, 3.05) is 0 Å². The first-order chi connectivity index (χ1) is 9.84. The topological polar surface area (TPSA) is 106 Å². The lowest BCUT2D eigenvalue weighted by Gasteiger charge is -2.24. The number of ketones is 1. The molecule has 0 saturated carbocycles. The minimum absolute atomic E-state index is 0.211. The summed E-state index contributed by atoms with van der Waals surface area (Å²) in [5.74, 6) is -1.74. The third-order valence-electron chi connectivity index (χ3n) is 3.38. The molecule has 0 radical (unpaired) electrons. The van der Waals surface area contributed by atoms with Gasteiger partial charge in [-0.15, -0.1) is 10.2 Å². The minimum atomic E-state index is -1.74. The average molecular weight is 305 g/mol. The van der Waals surface area contributed by atoms with Gasteiger partial charge in [-0.1, -0.05) is 48.6 Å². The second kappa shape index (κ2) is 5.71. The van der Waals surface area contributed by atoms with Crippen LogP contribution in [0.5, 0.6) is 0 Å². The molecule has 2 unspecified atom stereocenters. The molecule has 0 bridgehead atoms. The van der Waals surface area contributed by atoms with Crippen LogP contribution in [-0.4, -0.2) is 32.6 Å². The number of rotatable bonds is 5. The van der Waals surface area contributed by atoms with Gasteiger partial charge < -0.3 is 10.8 Å². The van der Waals surface area contributed by atoms with E-state index >= 15 is 0 Å². The number of hydrogen-bond acceptors (Lipinski definition) is 6. The molecular weight excluding hydrogens is 290 g/mol. The van der Waals surface area contributed by atoms with Gasteiger partial charge in [-0.05, 0) is 6.92 Å². The molecule has 1 heterocycles. The Bertz CT molecular complexity index is 667. The molecule has 2 atom stereocenters. The molecule has 7 heteroatoms. The SMILES string of the molecule is CC(c1nnc(C(=O)c2ccccc2)s1)C(C)(O)C(N)=O. The van der Waals surface area contributed by atoms with Crippen LogP contribution in [0.2, 0.25) is 0 Å². The molecule has 1 amide bonds. The zero-order valence-electron chi connectivity index (χ0n) is 11.6. The van der Waals surface area contributed by atoms with Crippen LogP contribution in [0.4, 0.5) is 0 Å². The molecule has 0 fully saturated rings. The van der Waals surface area contributed by atoms with E-state index in [1.54, 1.807) is 31.2 Å². The number of aliphatic hydroxyl groups is 1. The summed E-state index contributed by atoms with van der Waals surface area (Å²) >= 11 is 1.05. The molecule has 0 aliphatic carbocycles. The van der Waals surface area contributed by atoms with Crippen molar-refractivity contribution in [3.05, 3.63) is 45.9 Å². The Kier molecular flexibility index (Phi) is 4.15. The van der Waals surface area contributed by atoms with E-state index in [1.165, 1.54) is 6.92 Å². The van der Waals surface area contributed by atoms with Crippen molar-refractivity contribution in [2.45, 2.75) is 25.4 Å². The molecule has 2 aromatic rings. The zero-order chi connectivity index (χ0) is 15.6. The molecule has 1 aromatic heterocycles. The van der Waals surface area contributed by atoms with Crippen LogP contribution < -0.4 is 5.73 Å². The fraction of sp³-hybridized carbons (Fsp3) is 0.286. The van der Waals surface area contributed by atoms with Crippen molar-refractivity contribution in [3.63, 3.8) is 0 Å². The van der Waals surface area contributed by atoms with Crippen molar-refractivity contribution in [3.8, 4) is 0 Å². The standard InChI is InChI=1S/C14H15N3O3S/c1-8(14(2,20)13(15)19)11-16-17-12(21-11)10(18)9-6-4-3-5-7-9/h3-8,20H,1-2H3,(H2,15,19). The maximum Gasteiger partial charge on any atom is 0.249 e. The largest absolute Gasteiger partial charge is 0.380 e. The minimum Gasteiger partial charge on any atom is -0.380 e. The van der Waals surface area contributed by atoms with Gasteiger partial charge in [0.05, 0.1) is 0 Å². The van der Waals surface area contributed by atoms with E-state index in [-0.39, 0.29) is 10.8 Å². The average Bonchev–Trinajstić information content (AvgIpc) is 2.96. The molecule has 110 valence electrons. The summed E-state index contributed by atoms with van der Waals surface area (Å²) in [6.07, 6.45) is 0. The summed E-state index contributed by atoms with van der Waals surface area (Å²) in [6, 6.07) is 8.71. The number of hydrogen-bond donors (Lipinski definition) is 2. The van der Waals surface area contributed by atoms with Gasteiger partial charge in [-0.25, -0.2) is 0 Å². The predicted octanol–water partition coefficient (Wildman–Crippen LogP) is 1.11. The monoisotopic (exact) mass is 305 g/mol. The normalized spacial score (nSPS) is 15.2. The number of aromatic nitrogens is 2. The van der Waals surface area contributed by atoms with Crippen LogP contribution in [0.25, 0.3) is 0 Å². The fourth-order valence-corrected chi connectivity index (χ4v) is 2.65. The Labute approximate surface area is 125 Å². The van der Waals surface area contributed by atoms with E-state index in [2.05, 4.69) is 10.2 Å². The molecule has 0 aliphatic rings. The second-order valence-corrected chi connectivity index (χ2v) is 5.88. The molecule has 2 rings (SSSR count). The van der Waals surface area contributed by atoms with Crippen LogP contribution in [0.1, 0.15) is 40.1 Å². The lowest BCUT2D eigenvalue weighted by molar-refractivity contribution is -0.136. The highest BCUT2D eigenvalue weighted by molar-refractivity contribution is 7.13. The summed E-state index contributed by atoms with van der Waals surface area (Å²) in [4.78, 5) is 23.5. The van der Waals surface area contributed by atoms with E-state index in [9.17, 15) is 14.7 Å². The van der Waals surface area contributed by atoms with Gasteiger partial charge >= 0.3 is 0 Å². The second-order valence-electron chi connectivity index (χ2n) is 4.87. The first kappa shape index (κ1) is 15.3. The summed E-state index contributed by atoms with van der Waals surface area (Å²) in [6.45, 7) is 2.93. The predicted molar refractivity (Wildman–Crippen MR) is 78.0 cm³/mol. The van der Waals surface area contributed by atoms with E-state index in [4.69, 9.17) is 5.73 Å².